The number of hydrogen-bond acceptors (Lipinski definition) is 4. The molecule has 0 spiro atoms. The smallest absolute Gasteiger partial charge is 0.406 e. The van der Waals surface area contributed by atoms with Crippen LogP contribution in [0.3, 0.4) is 0 Å². The number of nitriles is 1. The summed E-state index contributed by atoms with van der Waals surface area (Å²) in [7, 11) is 0. The lowest BCUT2D eigenvalue weighted by atomic mass is 9.99. The fourth-order valence-corrected chi connectivity index (χ4v) is 3.29. The Morgan fingerprint density at radius 2 is 2.03 bits per heavy atom. The van der Waals surface area contributed by atoms with Gasteiger partial charge in [-0.1, -0.05) is 0 Å². The second kappa shape index (κ2) is 6.27. The summed E-state index contributed by atoms with van der Waals surface area (Å²) in [4.78, 5) is 15.7. The van der Waals surface area contributed by atoms with Gasteiger partial charge in [-0.3, -0.25) is 9.36 Å². The summed E-state index contributed by atoms with van der Waals surface area (Å²) in [5.41, 5.74) is -2.04. The van der Waals surface area contributed by atoms with Gasteiger partial charge in [0.05, 0.1) is 23.2 Å². The zero-order chi connectivity index (χ0) is 21.0. The van der Waals surface area contributed by atoms with Gasteiger partial charge in [0.2, 0.25) is 0 Å². The van der Waals surface area contributed by atoms with Gasteiger partial charge in [0.25, 0.3) is 11.3 Å². The number of fused-ring (bicyclic) bond motifs is 1. The summed E-state index contributed by atoms with van der Waals surface area (Å²) in [6, 6.07) is 6.68. The van der Waals surface area contributed by atoms with E-state index in [-0.39, 0.29) is 26.9 Å². The third kappa shape index (κ3) is 3.29. The fraction of sp³-hybridized carbons (Fsp3) is 0.263. The average Bonchev–Trinajstić information content (AvgIpc) is 3.44. The first-order valence-corrected chi connectivity index (χ1v) is 8.55. The van der Waals surface area contributed by atoms with E-state index in [9.17, 15) is 32.8 Å². The Labute approximate surface area is 160 Å². The van der Waals surface area contributed by atoms with Gasteiger partial charge in [-0.25, -0.2) is 4.98 Å². The van der Waals surface area contributed by atoms with Crippen molar-refractivity contribution in [1.82, 2.24) is 9.55 Å². The van der Waals surface area contributed by atoms with Crippen LogP contribution < -0.4 is 10.3 Å². The Balaban J connectivity index is 1.83. The number of alkyl halides is 3. The number of nitrogens with zero attached hydrogens (tertiary/aromatic N) is 4. The Morgan fingerprint density at radius 3 is 2.62 bits per heavy atom. The predicted molar refractivity (Wildman–Crippen MR) is 92.9 cm³/mol. The molecule has 0 amide bonds. The van der Waals surface area contributed by atoms with Gasteiger partial charge >= 0.3 is 6.18 Å². The summed E-state index contributed by atoms with van der Waals surface area (Å²) < 4.78 is 53.8. The van der Waals surface area contributed by atoms with Gasteiger partial charge in [-0.15, -0.1) is 0 Å². The molecule has 1 fully saturated rings. The third-order valence-corrected chi connectivity index (χ3v) is 4.96. The Morgan fingerprint density at radius 1 is 1.31 bits per heavy atom. The molecule has 0 aromatic carbocycles. The molecule has 6 nitrogen and oxygen atoms in total. The summed E-state index contributed by atoms with van der Waals surface area (Å²) in [6.45, 7) is -1.49. The zero-order valence-corrected chi connectivity index (χ0v) is 14.7. The molecule has 29 heavy (non-hydrogen) atoms. The lowest BCUT2D eigenvalue weighted by Crippen LogP contribution is -2.32. The molecule has 0 unspecified atom stereocenters. The molecule has 10 heteroatoms. The number of rotatable bonds is 3. The van der Waals surface area contributed by atoms with Crippen molar-refractivity contribution in [3.05, 3.63) is 63.6 Å². The van der Waals surface area contributed by atoms with Gasteiger partial charge in [-0.05, 0) is 31.0 Å². The molecule has 0 N–H and O–H groups in total. The van der Waals surface area contributed by atoms with E-state index < -0.39 is 35.2 Å². The van der Waals surface area contributed by atoms with E-state index in [1.807, 2.05) is 0 Å². The maximum absolute atomic E-state index is 14.7. The highest BCUT2D eigenvalue weighted by Crippen LogP contribution is 2.47. The van der Waals surface area contributed by atoms with Crippen molar-refractivity contribution in [2.45, 2.75) is 31.0 Å². The molecule has 1 saturated carbocycles. The summed E-state index contributed by atoms with van der Waals surface area (Å²) in [5.74, 6) is -0.894. The predicted octanol–water partition coefficient (Wildman–Crippen LogP) is 2.95. The molecule has 3 aromatic heterocycles. The summed E-state index contributed by atoms with van der Waals surface area (Å²) >= 11 is 0. The van der Waals surface area contributed by atoms with E-state index in [1.54, 1.807) is 0 Å². The topological polar surface area (TPSA) is 85.6 Å². The molecule has 0 radical (unpaired) electrons. The minimum absolute atomic E-state index is 0.0885. The maximum Gasteiger partial charge on any atom is 0.406 e. The van der Waals surface area contributed by atoms with Gasteiger partial charge in [-0.2, -0.15) is 27.6 Å². The number of pyridine rings is 3. The standard InChI is InChI=1S/C19H12F4N4O2/c20-13-6-12(18(9-24)3-4-18)8-27(29)17(13)14-5-11-1-2-16(28)26(10-19(21,22)23)15(11)7-25-14/h1-2,5-8H,3-4,10H2. The van der Waals surface area contributed by atoms with Crippen LogP contribution in [0.2, 0.25) is 0 Å². The molecule has 3 heterocycles. The lowest BCUT2D eigenvalue weighted by Gasteiger charge is -2.13. The van der Waals surface area contributed by atoms with Crippen LogP contribution in [-0.4, -0.2) is 15.7 Å². The van der Waals surface area contributed by atoms with Crippen LogP contribution in [0.5, 0.6) is 0 Å². The normalized spacial score (nSPS) is 15.3. The Hall–Kier alpha value is -3.48. The highest BCUT2D eigenvalue weighted by Gasteiger charge is 2.47. The van der Waals surface area contributed by atoms with Crippen molar-refractivity contribution in [2.75, 3.05) is 0 Å². The van der Waals surface area contributed by atoms with Crippen molar-refractivity contribution < 1.29 is 22.3 Å². The summed E-state index contributed by atoms with van der Waals surface area (Å²) in [6.07, 6.45) is -1.43. The van der Waals surface area contributed by atoms with E-state index in [0.29, 0.717) is 17.4 Å². The zero-order valence-electron chi connectivity index (χ0n) is 14.7. The summed E-state index contributed by atoms with van der Waals surface area (Å²) in [5, 5.41) is 21.8. The molecule has 1 aliphatic rings. The largest absolute Gasteiger partial charge is 0.618 e. The van der Waals surface area contributed by atoms with E-state index in [4.69, 9.17) is 0 Å². The van der Waals surface area contributed by atoms with Crippen LogP contribution in [0.1, 0.15) is 18.4 Å². The molecule has 4 rings (SSSR count). The van der Waals surface area contributed by atoms with Crippen LogP contribution >= 0.6 is 0 Å². The van der Waals surface area contributed by atoms with Gasteiger partial charge in [0.1, 0.15) is 12.2 Å². The lowest BCUT2D eigenvalue weighted by molar-refractivity contribution is -0.595. The van der Waals surface area contributed by atoms with Crippen LogP contribution in [0.4, 0.5) is 17.6 Å². The van der Waals surface area contributed by atoms with Gasteiger partial charge < -0.3 is 5.21 Å². The average molecular weight is 404 g/mol. The number of aromatic nitrogens is 3. The first kappa shape index (κ1) is 18.9. The molecule has 0 atom stereocenters. The minimum atomic E-state index is -4.61. The first-order valence-electron chi connectivity index (χ1n) is 8.55. The van der Waals surface area contributed by atoms with Crippen LogP contribution in [0.25, 0.3) is 22.3 Å². The third-order valence-electron chi connectivity index (χ3n) is 4.96. The fourth-order valence-electron chi connectivity index (χ4n) is 3.29. The number of hydrogen-bond donors (Lipinski definition) is 0. The second-order valence-electron chi connectivity index (χ2n) is 6.95. The van der Waals surface area contributed by atoms with E-state index in [0.717, 1.165) is 24.5 Å². The molecular formula is C19H12F4N4O2. The van der Waals surface area contributed by atoms with E-state index in [1.165, 1.54) is 12.1 Å². The van der Waals surface area contributed by atoms with Crippen molar-refractivity contribution in [2.24, 2.45) is 0 Å². The van der Waals surface area contributed by atoms with Gasteiger partial charge in [0, 0.05) is 17.0 Å². The molecule has 0 saturated heterocycles. The first-order chi connectivity index (χ1) is 13.6. The van der Waals surface area contributed by atoms with E-state index in [2.05, 4.69) is 11.1 Å². The van der Waals surface area contributed by atoms with Gasteiger partial charge in [0.15, 0.2) is 12.0 Å². The molecule has 0 aliphatic heterocycles. The van der Waals surface area contributed by atoms with Crippen molar-refractivity contribution in [1.29, 1.82) is 5.26 Å². The van der Waals surface area contributed by atoms with Crippen LogP contribution in [0.15, 0.2) is 41.5 Å². The number of halogens is 4. The SMILES string of the molecule is N#CC1(c2cc(F)c(-c3cc4ccc(=O)n(CC(F)(F)F)c4cn3)[n+]([O-])c2)CC1. The monoisotopic (exact) mass is 404 g/mol. The highest BCUT2D eigenvalue weighted by atomic mass is 19.4. The molecule has 3 aromatic rings. The maximum atomic E-state index is 14.7. The van der Waals surface area contributed by atoms with Crippen molar-refractivity contribution in [3.8, 4) is 17.5 Å². The van der Waals surface area contributed by atoms with Crippen LogP contribution in [-0.2, 0) is 12.0 Å². The van der Waals surface area contributed by atoms with Crippen molar-refractivity contribution in [3.63, 3.8) is 0 Å². The second-order valence-corrected chi connectivity index (χ2v) is 6.95. The highest BCUT2D eigenvalue weighted by molar-refractivity contribution is 5.81. The molecule has 0 bridgehead atoms. The quantitative estimate of drug-likeness (QED) is 0.382. The van der Waals surface area contributed by atoms with Crippen molar-refractivity contribution >= 4 is 10.9 Å². The molecular weight excluding hydrogens is 392 g/mol. The molecule has 148 valence electrons. The molecule has 1 aliphatic carbocycles. The Bertz CT molecular complexity index is 1220. The van der Waals surface area contributed by atoms with E-state index >= 15 is 0 Å². The Kier molecular flexibility index (Phi) is 4.08. The minimum Gasteiger partial charge on any atom is -0.618 e. The van der Waals surface area contributed by atoms with Crippen LogP contribution in [0, 0.1) is 22.4 Å².